The molecule has 0 bridgehead atoms. The largest absolute Gasteiger partial charge is 0.469 e. The summed E-state index contributed by atoms with van der Waals surface area (Å²) in [6.45, 7) is 0. The van der Waals surface area contributed by atoms with Crippen molar-refractivity contribution in [2.75, 3.05) is 7.11 Å². The molecule has 1 aliphatic rings. The summed E-state index contributed by atoms with van der Waals surface area (Å²) >= 11 is 1.34. The summed E-state index contributed by atoms with van der Waals surface area (Å²) in [5.41, 5.74) is 0. The van der Waals surface area contributed by atoms with Gasteiger partial charge in [-0.1, -0.05) is 6.07 Å². The molecule has 3 atom stereocenters. The van der Waals surface area contributed by atoms with Crippen LogP contribution in [0, 0.1) is 5.92 Å². The van der Waals surface area contributed by atoms with E-state index < -0.39 is 6.10 Å². The summed E-state index contributed by atoms with van der Waals surface area (Å²) in [6, 6.07) is 3.13. The Labute approximate surface area is 109 Å². The van der Waals surface area contributed by atoms with Gasteiger partial charge < -0.3 is 15.2 Å². The van der Waals surface area contributed by atoms with E-state index in [-0.39, 0.29) is 23.8 Å². The zero-order valence-corrected chi connectivity index (χ0v) is 10.8. The van der Waals surface area contributed by atoms with E-state index in [1.54, 1.807) is 12.1 Å². The number of carbonyl (C=O) groups is 2. The molecule has 0 aliphatic heterocycles. The van der Waals surface area contributed by atoms with Crippen molar-refractivity contribution in [3.8, 4) is 0 Å². The van der Waals surface area contributed by atoms with Crippen LogP contribution < -0.4 is 5.32 Å². The SMILES string of the molecule is COC(=O)C1CC(O)C(NC(=O)c2cccs2)C1. The number of esters is 1. The van der Waals surface area contributed by atoms with Gasteiger partial charge >= 0.3 is 5.97 Å². The predicted molar refractivity (Wildman–Crippen MR) is 66.3 cm³/mol. The Balaban J connectivity index is 1.94. The Morgan fingerprint density at radius 2 is 2.28 bits per heavy atom. The molecule has 1 aliphatic carbocycles. The summed E-state index contributed by atoms with van der Waals surface area (Å²) in [5, 5.41) is 14.4. The van der Waals surface area contributed by atoms with Gasteiger partial charge in [-0.2, -0.15) is 0 Å². The standard InChI is InChI=1S/C12H15NO4S/c1-17-12(16)7-5-8(9(14)6-7)13-11(15)10-3-2-4-18-10/h2-4,7-9,14H,5-6H2,1H3,(H,13,15). The number of thiophene rings is 1. The highest BCUT2D eigenvalue weighted by molar-refractivity contribution is 7.12. The molecule has 5 nitrogen and oxygen atoms in total. The molecule has 3 unspecified atom stereocenters. The average molecular weight is 269 g/mol. The first-order chi connectivity index (χ1) is 8.61. The fraction of sp³-hybridized carbons (Fsp3) is 0.500. The van der Waals surface area contributed by atoms with Crippen LogP contribution in [0.2, 0.25) is 0 Å². The first-order valence-electron chi connectivity index (χ1n) is 5.72. The molecule has 0 saturated heterocycles. The molecule has 0 spiro atoms. The smallest absolute Gasteiger partial charge is 0.308 e. The highest BCUT2D eigenvalue weighted by Gasteiger charge is 2.38. The molecule has 0 radical (unpaired) electrons. The van der Waals surface area contributed by atoms with Gasteiger partial charge in [-0.05, 0) is 24.3 Å². The first kappa shape index (κ1) is 13.0. The Hall–Kier alpha value is -1.40. The van der Waals surface area contributed by atoms with Crippen LogP contribution in [0.25, 0.3) is 0 Å². The third-order valence-corrected chi connectivity index (χ3v) is 3.99. The van der Waals surface area contributed by atoms with Crippen LogP contribution in [-0.4, -0.2) is 36.2 Å². The van der Waals surface area contributed by atoms with E-state index >= 15 is 0 Å². The number of methoxy groups -OCH3 is 1. The lowest BCUT2D eigenvalue weighted by Gasteiger charge is -2.15. The van der Waals surface area contributed by atoms with Crippen LogP contribution in [-0.2, 0) is 9.53 Å². The maximum Gasteiger partial charge on any atom is 0.308 e. The highest BCUT2D eigenvalue weighted by Crippen LogP contribution is 2.27. The molecule has 1 heterocycles. The molecule has 1 saturated carbocycles. The van der Waals surface area contributed by atoms with Gasteiger partial charge in [0.15, 0.2) is 0 Å². The predicted octanol–water partition coefficient (Wildman–Crippen LogP) is 0.790. The molecule has 1 amide bonds. The van der Waals surface area contributed by atoms with Gasteiger partial charge in [0.1, 0.15) is 0 Å². The van der Waals surface area contributed by atoms with E-state index in [1.807, 2.05) is 5.38 Å². The van der Waals surface area contributed by atoms with Gasteiger partial charge in [0.25, 0.3) is 5.91 Å². The second-order valence-corrected chi connectivity index (χ2v) is 5.26. The monoisotopic (exact) mass is 269 g/mol. The minimum absolute atomic E-state index is 0.209. The van der Waals surface area contributed by atoms with Crippen molar-refractivity contribution >= 4 is 23.2 Å². The summed E-state index contributed by atoms with van der Waals surface area (Å²) in [7, 11) is 1.33. The van der Waals surface area contributed by atoms with Crippen LogP contribution in [0.15, 0.2) is 17.5 Å². The van der Waals surface area contributed by atoms with Crippen molar-refractivity contribution < 1.29 is 19.4 Å². The van der Waals surface area contributed by atoms with Gasteiger partial charge in [0.05, 0.1) is 30.1 Å². The van der Waals surface area contributed by atoms with Crippen molar-refractivity contribution in [3.05, 3.63) is 22.4 Å². The van der Waals surface area contributed by atoms with Gasteiger partial charge in [0.2, 0.25) is 0 Å². The molecule has 6 heteroatoms. The maximum atomic E-state index is 11.8. The van der Waals surface area contributed by atoms with E-state index in [4.69, 9.17) is 0 Å². The van der Waals surface area contributed by atoms with E-state index in [1.165, 1.54) is 18.4 Å². The van der Waals surface area contributed by atoms with Gasteiger partial charge in [-0.3, -0.25) is 9.59 Å². The topological polar surface area (TPSA) is 75.6 Å². The molecule has 0 aromatic carbocycles. The molecule has 1 aromatic heterocycles. The van der Waals surface area contributed by atoms with Crippen LogP contribution in [0.4, 0.5) is 0 Å². The van der Waals surface area contributed by atoms with Crippen molar-refractivity contribution in [2.45, 2.75) is 25.0 Å². The van der Waals surface area contributed by atoms with Crippen molar-refractivity contribution in [3.63, 3.8) is 0 Å². The molecule has 98 valence electrons. The number of hydrogen-bond acceptors (Lipinski definition) is 5. The average Bonchev–Trinajstić information content (AvgIpc) is 2.99. The molecule has 1 aromatic rings. The normalized spacial score (nSPS) is 26.9. The zero-order valence-electron chi connectivity index (χ0n) is 9.96. The second-order valence-electron chi connectivity index (χ2n) is 4.32. The zero-order chi connectivity index (χ0) is 13.1. The summed E-state index contributed by atoms with van der Waals surface area (Å²) in [4.78, 5) is 23.8. The number of rotatable bonds is 3. The third kappa shape index (κ3) is 2.70. The summed E-state index contributed by atoms with van der Waals surface area (Å²) in [5.74, 6) is -0.875. The number of aliphatic hydroxyl groups is 1. The second kappa shape index (κ2) is 5.49. The Kier molecular flexibility index (Phi) is 3.98. The fourth-order valence-corrected chi connectivity index (χ4v) is 2.80. The number of hydrogen-bond donors (Lipinski definition) is 2. The minimum atomic E-state index is -0.696. The number of ether oxygens (including phenoxy) is 1. The molecule has 2 N–H and O–H groups in total. The lowest BCUT2D eigenvalue weighted by atomic mass is 10.1. The molecular weight excluding hydrogens is 254 g/mol. The first-order valence-corrected chi connectivity index (χ1v) is 6.60. The van der Waals surface area contributed by atoms with Gasteiger partial charge in [-0.25, -0.2) is 0 Å². The highest BCUT2D eigenvalue weighted by atomic mass is 32.1. The van der Waals surface area contributed by atoms with E-state index in [9.17, 15) is 14.7 Å². The lowest BCUT2D eigenvalue weighted by molar-refractivity contribution is -0.145. The van der Waals surface area contributed by atoms with Crippen molar-refractivity contribution in [2.24, 2.45) is 5.92 Å². The Morgan fingerprint density at radius 3 is 2.89 bits per heavy atom. The number of aliphatic hydroxyl groups excluding tert-OH is 1. The lowest BCUT2D eigenvalue weighted by Crippen LogP contribution is -2.39. The van der Waals surface area contributed by atoms with Gasteiger partial charge in [0, 0.05) is 0 Å². The number of carbonyl (C=O) groups excluding carboxylic acids is 2. The fourth-order valence-electron chi connectivity index (χ4n) is 2.18. The summed E-state index contributed by atoms with van der Waals surface area (Å²) < 4.78 is 4.65. The van der Waals surface area contributed by atoms with Crippen LogP contribution >= 0.6 is 11.3 Å². The maximum absolute atomic E-state index is 11.8. The molecular formula is C12H15NO4S. The summed E-state index contributed by atoms with van der Waals surface area (Å²) in [6.07, 6.45) is 0.0607. The number of amides is 1. The van der Waals surface area contributed by atoms with Crippen LogP contribution in [0.3, 0.4) is 0 Å². The van der Waals surface area contributed by atoms with E-state index in [2.05, 4.69) is 10.1 Å². The quantitative estimate of drug-likeness (QED) is 0.796. The Morgan fingerprint density at radius 1 is 1.50 bits per heavy atom. The van der Waals surface area contributed by atoms with Crippen LogP contribution in [0.1, 0.15) is 22.5 Å². The van der Waals surface area contributed by atoms with E-state index in [0.29, 0.717) is 17.7 Å². The van der Waals surface area contributed by atoms with Crippen molar-refractivity contribution in [1.29, 1.82) is 0 Å². The van der Waals surface area contributed by atoms with Crippen molar-refractivity contribution in [1.82, 2.24) is 5.32 Å². The van der Waals surface area contributed by atoms with E-state index in [0.717, 1.165) is 0 Å². The number of nitrogens with one attached hydrogen (secondary N) is 1. The Bertz CT molecular complexity index is 431. The molecule has 18 heavy (non-hydrogen) atoms. The van der Waals surface area contributed by atoms with Crippen LogP contribution in [0.5, 0.6) is 0 Å². The third-order valence-electron chi connectivity index (χ3n) is 3.12. The molecule has 2 rings (SSSR count). The molecule has 1 fully saturated rings. The minimum Gasteiger partial charge on any atom is -0.469 e. The van der Waals surface area contributed by atoms with Gasteiger partial charge in [-0.15, -0.1) is 11.3 Å².